The lowest BCUT2D eigenvalue weighted by molar-refractivity contribution is 0.103. The van der Waals surface area contributed by atoms with Gasteiger partial charge in [0, 0.05) is 20.4 Å². The minimum absolute atomic E-state index is 0.0621. The first-order chi connectivity index (χ1) is 10.2. The smallest absolute Gasteiger partial charge is 0.200 e. The number of rotatable bonds is 7. The Hall–Kier alpha value is -2.14. The molecule has 1 aromatic heterocycles. The van der Waals surface area contributed by atoms with Crippen LogP contribution in [0.15, 0.2) is 30.5 Å². The fourth-order valence-corrected chi connectivity index (χ4v) is 2.15. The zero-order valence-corrected chi connectivity index (χ0v) is 12.6. The van der Waals surface area contributed by atoms with Crippen LogP contribution in [0.3, 0.4) is 0 Å². The van der Waals surface area contributed by atoms with Crippen molar-refractivity contribution in [3.05, 3.63) is 47.3 Å². The quantitative estimate of drug-likeness (QED) is 0.579. The summed E-state index contributed by atoms with van der Waals surface area (Å²) >= 11 is 0. The molecular formula is C16H20N2O3. The monoisotopic (exact) mass is 288 g/mol. The maximum Gasteiger partial charge on any atom is 0.200 e. The van der Waals surface area contributed by atoms with Crippen molar-refractivity contribution >= 4 is 5.78 Å². The second-order valence-electron chi connectivity index (χ2n) is 4.68. The van der Waals surface area contributed by atoms with Crippen molar-refractivity contribution in [2.45, 2.75) is 13.3 Å². The first kappa shape index (κ1) is 15.3. The molecule has 5 nitrogen and oxygen atoms in total. The lowest BCUT2D eigenvalue weighted by Crippen LogP contribution is -2.10. The van der Waals surface area contributed by atoms with Crippen LogP contribution in [-0.2, 0) is 18.2 Å². The molecule has 21 heavy (non-hydrogen) atoms. The van der Waals surface area contributed by atoms with Gasteiger partial charge in [0.2, 0.25) is 0 Å². The molecule has 1 heterocycles. The van der Waals surface area contributed by atoms with E-state index in [1.165, 1.54) is 0 Å². The van der Waals surface area contributed by atoms with E-state index in [1.54, 1.807) is 30.1 Å². The molecule has 0 saturated heterocycles. The van der Waals surface area contributed by atoms with Gasteiger partial charge in [-0.3, -0.25) is 9.48 Å². The number of carbonyl (C=O) groups is 1. The van der Waals surface area contributed by atoms with Crippen LogP contribution in [0.4, 0.5) is 0 Å². The third kappa shape index (κ3) is 3.49. The summed E-state index contributed by atoms with van der Waals surface area (Å²) < 4.78 is 12.3. The number of aromatic nitrogens is 2. The summed E-state index contributed by atoms with van der Waals surface area (Å²) in [6.45, 7) is 2.88. The van der Waals surface area contributed by atoms with Gasteiger partial charge in [-0.1, -0.05) is 19.1 Å². The van der Waals surface area contributed by atoms with Gasteiger partial charge in [0.05, 0.1) is 23.4 Å². The van der Waals surface area contributed by atoms with Crippen molar-refractivity contribution in [3.63, 3.8) is 0 Å². The molecule has 0 N–H and O–H groups in total. The molecule has 0 amide bonds. The molecule has 0 bridgehead atoms. The molecule has 0 spiro atoms. The number of ketones is 1. The van der Waals surface area contributed by atoms with Crippen LogP contribution < -0.4 is 4.74 Å². The average molecular weight is 288 g/mol. The zero-order valence-electron chi connectivity index (χ0n) is 12.6. The predicted molar refractivity (Wildman–Crippen MR) is 79.8 cm³/mol. The van der Waals surface area contributed by atoms with Gasteiger partial charge in [-0.2, -0.15) is 5.10 Å². The lowest BCUT2D eigenvalue weighted by atomic mass is 10.0. The van der Waals surface area contributed by atoms with Crippen LogP contribution in [0.25, 0.3) is 0 Å². The van der Waals surface area contributed by atoms with E-state index in [0.29, 0.717) is 36.5 Å². The van der Waals surface area contributed by atoms with Gasteiger partial charge in [0.15, 0.2) is 5.78 Å². The summed E-state index contributed by atoms with van der Waals surface area (Å²) in [4.78, 5) is 12.7. The van der Waals surface area contributed by atoms with Gasteiger partial charge in [0.25, 0.3) is 0 Å². The van der Waals surface area contributed by atoms with E-state index in [4.69, 9.17) is 9.47 Å². The van der Waals surface area contributed by atoms with Crippen LogP contribution in [0, 0.1) is 0 Å². The normalized spacial score (nSPS) is 10.6. The minimum Gasteiger partial charge on any atom is -0.490 e. The number of hydrogen-bond acceptors (Lipinski definition) is 4. The van der Waals surface area contributed by atoms with Gasteiger partial charge < -0.3 is 9.47 Å². The Morgan fingerprint density at radius 2 is 2.00 bits per heavy atom. The largest absolute Gasteiger partial charge is 0.490 e. The highest BCUT2D eigenvalue weighted by atomic mass is 16.5. The molecule has 0 atom stereocenters. The Kier molecular flexibility index (Phi) is 5.11. The lowest BCUT2D eigenvalue weighted by Gasteiger charge is -2.10. The van der Waals surface area contributed by atoms with Gasteiger partial charge in [-0.25, -0.2) is 0 Å². The molecule has 5 heteroatoms. The number of aryl methyl sites for hydroxylation is 2. The summed E-state index contributed by atoms with van der Waals surface area (Å²) in [5.41, 5.74) is 1.98. The Bertz CT molecular complexity index is 620. The number of para-hydroxylation sites is 1. The standard InChI is InChI=1S/C16H20N2O3/c1-4-14-13(11-18(2)17-14)16(19)12-7-5-6-8-15(12)21-10-9-20-3/h5-8,11H,4,9-10H2,1-3H3. The minimum atomic E-state index is -0.0621. The number of benzene rings is 1. The molecule has 0 unspecified atom stereocenters. The summed E-state index contributed by atoms with van der Waals surface area (Å²) in [7, 11) is 3.43. The van der Waals surface area contributed by atoms with Gasteiger partial charge in [-0.05, 0) is 18.6 Å². The third-order valence-corrected chi connectivity index (χ3v) is 3.16. The molecule has 0 fully saturated rings. The number of nitrogens with zero attached hydrogens (tertiary/aromatic N) is 2. The Labute approximate surface area is 124 Å². The summed E-state index contributed by atoms with van der Waals surface area (Å²) in [5, 5.41) is 4.32. The van der Waals surface area contributed by atoms with Crippen LogP contribution >= 0.6 is 0 Å². The molecular weight excluding hydrogens is 268 g/mol. The highest BCUT2D eigenvalue weighted by Crippen LogP contribution is 2.23. The Balaban J connectivity index is 2.30. The first-order valence-corrected chi connectivity index (χ1v) is 6.95. The molecule has 2 aromatic rings. The molecule has 0 aliphatic carbocycles. The number of methoxy groups -OCH3 is 1. The second-order valence-corrected chi connectivity index (χ2v) is 4.68. The van der Waals surface area contributed by atoms with Gasteiger partial charge >= 0.3 is 0 Å². The van der Waals surface area contributed by atoms with Gasteiger partial charge in [-0.15, -0.1) is 0 Å². The fraction of sp³-hybridized carbons (Fsp3) is 0.375. The van der Waals surface area contributed by atoms with Crippen molar-refractivity contribution in [3.8, 4) is 5.75 Å². The van der Waals surface area contributed by atoms with E-state index < -0.39 is 0 Å². The SMILES string of the molecule is CCc1nn(C)cc1C(=O)c1ccccc1OCCOC. The third-order valence-electron chi connectivity index (χ3n) is 3.16. The van der Waals surface area contributed by atoms with E-state index in [1.807, 2.05) is 26.1 Å². The van der Waals surface area contributed by atoms with Crippen molar-refractivity contribution in [1.29, 1.82) is 0 Å². The van der Waals surface area contributed by atoms with E-state index in [0.717, 1.165) is 5.69 Å². The van der Waals surface area contributed by atoms with Crippen LogP contribution in [0.1, 0.15) is 28.5 Å². The van der Waals surface area contributed by atoms with E-state index in [2.05, 4.69) is 5.10 Å². The maximum absolute atomic E-state index is 12.7. The summed E-state index contributed by atoms with van der Waals surface area (Å²) in [5.74, 6) is 0.512. The van der Waals surface area contributed by atoms with Crippen LogP contribution in [0.2, 0.25) is 0 Å². The topological polar surface area (TPSA) is 53.4 Å². The fourth-order valence-electron chi connectivity index (χ4n) is 2.15. The molecule has 0 radical (unpaired) electrons. The molecule has 112 valence electrons. The first-order valence-electron chi connectivity index (χ1n) is 6.95. The van der Waals surface area contributed by atoms with Crippen molar-refractivity contribution in [2.75, 3.05) is 20.3 Å². The van der Waals surface area contributed by atoms with Crippen molar-refractivity contribution in [2.24, 2.45) is 7.05 Å². The molecule has 0 aliphatic rings. The predicted octanol–water partition coefficient (Wildman–Crippen LogP) is 2.24. The molecule has 2 rings (SSSR count). The second kappa shape index (κ2) is 7.04. The zero-order chi connectivity index (χ0) is 15.2. The molecule has 1 aromatic carbocycles. The molecule has 0 aliphatic heterocycles. The maximum atomic E-state index is 12.7. The van der Waals surface area contributed by atoms with Crippen molar-refractivity contribution in [1.82, 2.24) is 9.78 Å². The van der Waals surface area contributed by atoms with E-state index in [-0.39, 0.29) is 5.78 Å². The summed E-state index contributed by atoms with van der Waals surface area (Å²) in [6, 6.07) is 7.25. The number of ether oxygens (including phenoxy) is 2. The average Bonchev–Trinajstić information content (AvgIpc) is 2.88. The van der Waals surface area contributed by atoms with E-state index in [9.17, 15) is 4.79 Å². The van der Waals surface area contributed by atoms with Crippen LogP contribution in [0.5, 0.6) is 5.75 Å². The van der Waals surface area contributed by atoms with E-state index >= 15 is 0 Å². The Morgan fingerprint density at radius 1 is 1.24 bits per heavy atom. The molecule has 0 saturated carbocycles. The summed E-state index contributed by atoms with van der Waals surface area (Å²) in [6.07, 6.45) is 2.47. The highest BCUT2D eigenvalue weighted by molar-refractivity contribution is 6.11. The number of hydrogen-bond donors (Lipinski definition) is 0. The number of carbonyl (C=O) groups excluding carboxylic acids is 1. The van der Waals surface area contributed by atoms with Crippen molar-refractivity contribution < 1.29 is 14.3 Å². The highest BCUT2D eigenvalue weighted by Gasteiger charge is 2.19. The Morgan fingerprint density at radius 3 is 2.71 bits per heavy atom. The van der Waals surface area contributed by atoms with Gasteiger partial charge in [0.1, 0.15) is 12.4 Å². The van der Waals surface area contributed by atoms with Crippen LogP contribution in [-0.4, -0.2) is 35.9 Å².